The van der Waals surface area contributed by atoms with Gasteiger partial charge in [0.15, 0.2) is 0 Å². The number of rotatable bonds is 1. The fourth-order valence-corrected chi connectivity index (χ4v) is 5.73. The van der Waals surface area contributed by atoms with Gasteiger partial charge in [-0.2, -0.15) is 0 Å². The van der Waals surface area contributed by atoms with Gasteiger partial charge in [0, 0.05) is 20.0 Å². The first kappa shape index (κ1) is 18.2. The van der Waals surface area contributed by atoms with Crippen LogP contribution in [-0.4, -0.2) is 4.57 Å². The molecular weight excluding hydrogens is 501 g/mol. The maximum Gasteiger partial charge on any atom is 0.0551 e. The Morgan fingerprint density at radius 3 is 1.59 bits per heavy atom. The van der Waals surface area contributed by atoms with E-state index in [-0.39, 0.29) is 0 Å². The Balaban J connectivity index is 1.66. The third-order valence-electron chi connectivity index (χ3n) is 6.62. The van der Waals surface area contributed by atoms with E-state index in [0.29, 0.717) is 0 Å². The van der Waals surface area contributed by atoms with Crippen LogP contribution in [0.15, 0.2) is 109 Å². The summed E-state index contributed by atoms with van der Waals surface area (Å²) in [7, 11) is 0. The van der Waals surface area contributed by atoms with Gasteiger partial charge in [-0.3, -0.25) is 0 Å². The van der Waals surface area contributed by atoms with Crippen molar-refractivity contribution in [2.45, 2.75) is 0 Å². The van der Waals surface area contributed by atoms with Gasteiger partial charge in [0.2, 0.25) is 0 Å². The molecule has 150 valence electrons. The number of fused-ring (bicyclic) bond motifs is 9. The van der Waals surface area contributed by atoms with E-state index in [1.165, 1.54) is 63.4 Å². The molecule has 6 aromatic carbocycles. The van der Waals surface area contributed by atoms with Crippen molar-refractivity contribution in [2.24, 2.45) is 0 Å². The quantitative estimate of drug-likeness (QED) is 0.151. The third-order valence-corrected chi connectivity index (χ3v) is 7.29. The lowest BCUT2D eigenvalue weighted by atomic mass is 9.94. The van der Waals surface area contributed by atoms with Crippen LogP contribution in [0.25, 0.3) is 59.8 Å². The first-order valence-corrected chi connectivity index (χ1v) is 11.9. The minimum Gasteiger partial charge on any atom is -0.309 e. The van der Waals surface area contributed by atoms with Gasteiger partial charge in [0.05, 0.1) is 11.0 Å². The van der Waals surface area contributed by atoms with Crippen LogP contribution >= 0.6 is 22.6 Å². The van der Waals surface area contributed by atoms with Crippen LogP contribution in [0.4, 0.5) is 0 Å². The summed E-state index contributed by atoms with van der Waals surface area (Å²) in [5, 5.41) is 10.4. The Hall–Kier alpha value is -3.37. The molecule has 1 heterocycles. The van der Waals surface area contributed by atoms with Crippen molar-refractivity contribution in [3.05, 3.63) is 113 Å². The lowest BCUT2D eigenvalue weighted by Crippen LogP contribution is -1.94. The molecule has 1 nitrogen and oxygen atoms in total. The fraction of sp³-hybridized carbons (Fsp3) is 0. The van der Waals surface area contributed by atoms with E-state index < -0.39 is 0 Å². The van der Waals surface area contributed by atoms with Gasteiger partial charge in [0.25, 0.3) is 0 Å². The summed E-state index contributed by atoms with van der Waals surface area (Å²) in [4.78, 5) is 0. The van der Waals surface area contributed by atoms with E-state index in [2.05, 4.69) is 136 Å². The van der Waals surface area contributed by atoms with Crippen molar-refractivity contribution in [2.75, 3.05) is 0 Å². The first-order chi connectivity index (χ1) is 15.8. The van der Waals surface area contributed by atoms with Crippen LogP contribution in [0.5, 0.6) is 0 Å². The standard InChI is InChI=1S/C30H18IN/c31-19-13-15-27-26-11-5-6-12-29(26)32(30(27)17-19)20-14-16-25-23-9-2-1-7-21(23)22-8-3-4-10-24(22)28(25)18-20/h1-18H. The molecular formula is C30H18IN. The molecule has 0 radical (unpaired) electrons. The second kappa shape index (κ2) is 6.81. The molecule has 2 heteroatoms. The summed E-state index contributed by atoms with van der Waals surface area (Å²) >= 11 is 2.41. The molecule has 0 amide bonds. The SMILES string of the molecule is Ic1ccc2c3ccccc3n(-c3ccc4c5ccccc5c5ccccc5c4c3)c2c1. The Labute approximate surface area is 199 Å². The third kappa shape index (κ3) is 2.50. The molecule has 1 aromatic heterocycles. The molecule has 0 bridgehead atoms. The molecule has 0 saturated carbocycles. The number of aromatic nitrogens is 1. The zero-order chi connectivity index (χ0) is 21.2. The Morgan fingerprint density at radius 1 is 0.406 bits per heavy atom. The molecule has 0 N–H and O–H groups in total. The first-order valence-electron chi connectivity index (χ1n) is 10.8. The van der Waals surface area contributed by atoms with Crippen LogP contribution in [0.2, 0.25) is 0 Å². The summed E-state index contributed by atoms with van der Waals surface area (Å²) in [6.07, 6.45) is 0. The summed E-state index contributed by atoms with van der Waals surface area (Å²) in [5.74, 6) is 0. The van der Waals surface area contributed by atoms with Gasteiger partial charge in [-0.25, -0.2) is 0 Å². The predicted octanol–water partition coefficient (Wildman–Crippen LogP) is 8.85. The normalized spacial score (nSPS) is 11.9. The molecule has 0 atom stereocenters. The second-order valence-corrected chi connectivity index (χ2v) is 9.58. The molecule has 0 unspecified atom stereocenters. The lowest BCUT2D eigenvalue weighted by molar-refractivity contribution is 1.19. The minimum atomic E-state index is 1.20. The topological polar surface area (TPSA) is 4.93 Å². The number of benzene rings is 6. The Kier molecular flexibility index (Phi) is 3.88. The molecule has 0 saturated heterocycles. The number of halogens is 1. The largest absolute Gasteiger partial charge is 0.309 e. The zero-order valence-corrected chi connectivity index (χ0v) is 19.4. The van der Waals surface area contributed by atoms with Gasteiger partial charge in [-0.1, -0.05) is 78.9 Å². The summed E-state index contributed by atoms with van der Waals surface area (Å²) < 4.78 is 3.66. The maximum atomic E-state index is 2.41. The number of nitrogens with zero attached hydrogens (tertiary/aromatic N) is 1. The highest BCUT2D eigenvalue weighted by molar-refractivity contribution is 14.1. The van der Waals surface area contributed by atoms with E-state index >= 15 is 0 Å². The smallest absolute Gasteiger partial charge is 0.0551 e. The average Bonchev–Trinajstić information content (AvgIpc) is 3.17. The molecule has 32 heavy (non-hydrogen) atoms. The molecule has 7 rings (SSSR count). The summed E-state index contributed by atoms with van der Waals surface area (Å²) in [5.41, 5.74) is 3.70. The van der Waals surface area contributed by atoms with Crippen LogP contribution in [0, 0.1) is 3.57 Å². The lowest BCUT2D eigenvalue weighted by Gasteiger charge is -2.13. The van der Waals surface area contributed by atoms with Crippen molar-refractivity contribution in [3.63, 3.8) is 0 Å². The summed E-state index contributed by atoms with van der Waals surface area (Å²) in [6.45, 7) is 0. The molecule has 0 fully saturated rings. The zero-order valence-electron chi connectivity index (χ0n) is 17.2. The molecule has 0 aliphatic heterocycles. The summed E-state index contributed by atoms with van der Waals surface area (Å²) in [6, 6.07) is 39.9. The van der Waals surface area contributed by atoms with E-state index in [1.54, 1.807) is 0 Å². The van der Waals surface area contributed by atoms with E-state index in [4.69, 9.17) is 0 Å². The molecule has 0 aliphatic carbocycles. The Bertz CT molecular complexity index is 1810. The van der Waals surface area contributed by atoms with Gasteiger partial charge in [-0.15, -0.1) is 0 Å². The molecule has 0 spiro atoms. The van der Waals surface area contributed by atoms with Crippen molar-refractivity contribution in [3.8, 4) is 5.69 Å². The molecule has 7 aromatic rings. The highest BCUT2D eigenvalue weighted by Crippen LogP contribution is 2.38. The number of para-hydroxylation sites is 1. The van der Waals surface area contributed by atoms with Crippen molar-refractivity contribution in [1.82, 2.24) is 4.57 Å². The average molecular weight is 519 g/mol. The second-order valence-electron chi connectivity index (χ2n) is 8.34. The molecule has 0 aliphatic rings. The van der Waals surface area contributed by atoms with Crippen molar-refractivity contribution in [1.29, 1.82) is 0 Å². The van der Waals surface area contributed by atoms with Gasteiger partial charge >= 0.3 is 0 Å². The maximum absolute atomic E-state index is 2.41. The number of hydrogen-bond acceptors (Lipinski definition) is 0. The Morgan fingerprint density at radius 2 is 0.906 bits per heavy atom. The minimum absolute atomic E-state index is 1.20. The van der Waals surface area contributed by atoms with Gasteiger partial charge in [-0.05, 0) is 85.2 Å². The highest BCUT2D eigenvalue weighted by Gasteiger charge is 2.14. The fourth-order valence-electron chi connectivity index (χ4n) is 5.26. The van der Waals surface area contributed by atoms with Crippen LogP contribution in [0.3, 0.4) is 0 Å². The monoisotopic (exact) mass is 519 g/mol. The number of hydrogen-bond donors (Lipinski definition) is 0. The van der Waals surface area contributed by atoms with Crippen LogP contribution < -0.4 is 0 Å². The predicted molar refractivity (Wildman–Crippen MR) is 146 cm³/mol. The van der Waals surface area contributed by atoms with Crippen molar-refractivity contribution < 1.29 is 0 Å². The van der Waals surface area contributed by atoms with E-state index in [9.17, 15) is 0 Å². The van der Waals surface area contributed by atoms with Gasteiger partial charge < -0.3 is 4.57 Å². The van der Waals surface area contributed by atoms with Crippen molar-refractivity contribution >= 4 is 76.7 Å². The van der Waals surface area contributed by atoms with E-state index in [0.717, 1.165) is 0 Å². The van der Waals surface area contributed by atoms with Gasteiger partial charge in [0.1, 0.15) is 0 Å². The van der Waals surface area contributed by atoms with E-state index in [1.807, 2.05) is 0 Å². The van der Waals surface area contributed by atoms with Crippen LogP contribution in [0.1, 0.15) is 0 Å². The highest BCUT2D eigenvalue weighted by atomic mass is 127. The van der Waals surface area contributed by atoms with Crippen LogP contribution in [-0.2, 0) is 0 Å².